The lowest BCUT2D eigenvalue weighted by molar-refractivity contribution is -0.318. The molecule has 40 heteroatoms. The van der Waals surface area contributed by atoms with Gasteiger partial charge in [-0.15, -0.1) is 0 Å². The van der Waals surface area contributed by atoms with Crippen molar-refractivity contribution in [2.45, 2.75) is 180 Å². The van der Waals surface area contributed by atoms with Crippen molar-refractivity contribution in [3.05, 3.63) is 53.3 Å². The highest BCUT2D eigenvalue weighted by atomic mass is 16.7. The van der Waals surface area contributed by atoms with E-state index in [1.54, 1.807) is 39.1 Å². The highest BCUT2D eigenvalue weighted by molar-refractivity contribution is 6.22. The number of anilines is 1. The predicted octanol–water partition coefficient (Wildman–Crippen LogP) is -6.27. The summed E-state index contributed by atoms with van der Waals surface area (Å²) in [7, 11) is 1.36. The number of quaternary nitrogens is 1. The Balaban J connectivity index is 1.41. The van der Waals surface area contributed by atoms with Crippen LogP contribution in [0.15, 0.2) is 42.2 Å². The first-order valence-electron chi connectivity index (χ1n) is 35.4. The van der Waals surface area contributed by atoms with Crippen LogP contribution in [0.3, 0.4) is 0 Å². The van der Waals surface area contributed by atoms with Gasteiger partial charge in [0, 0.05) is 99.2 Å². The summed E-state index contributed by atoms with van der Waals surface area (Å²) in [6, 6.07) is -11.4. The van der Waals surface area contributed by atoms with Gasteiger partial charge >= 0.3 is 23.6 Å². The lowest BCUT2D eigenvalue weighted by Gasteiger charge is -2.38. The second-order valence-electron chi connectivity index (χ2n) is 27.9. The first kappa shape index (κ1) is 91.3. The number of rotatable bonds is 19. The van der Waals surface area contributed by atoms with Crippen molar-refractivity contribution in [1.29, 1.82) is 0 Å². The van der Waals surface area contributed by atoms with Crippen molar-refractivity contribution in [2.24, 2.45) is 35.5 Å². The summed E-state index contributed by atoms with van der Waals surface area (Å²) in [4.78, 5) is 189. The molecule has 0 saturated carbocycles. The number of aliphatic carboxylic acids is 1. The molecule has 0 spiro atoms. The molecule has 614 valence electrons. The molecule has 0 aromatic heterocycles. The Morgan fingerprint density at radius 1 is 0.757 bits per heavy atom. The third-order valence-electron chi connectivity index (χ3n) is 19.2. The van der Waals surface area contributed by atoms with E-state index in [1.807, 2.05) is 16.0 Å². The van der Waals surface area contributed by atoms with Gasteiger partial charge in [0.15, 0.2) is 24.2 Å². The number of hydrogen-bond acceptors (Lipinski definition) is 29. The predicted molar refractivity (Wildman–Crippen MR) is 384 cm³/mol. The second kappa shape index (κ2) is 40.1. The number of carboxylic acids is 1. The van der Waals surface area contributed by atoms with Gasteiger partial charge in [-0.3, -0.25) is 63.3 Å². The van der Waals surface area contributed by atoms with Crippen LogP contribution in [0.5, 0.6) is 23.0 Å². The minimum absolute atomic E-state index is 0.0388. The number of carbonyl (C=O) groups excluding carboxylic acids is 13. The lowest BCUT2D eigenvalue weighted by atomic mass is 9.78. The number of aromatic hydroxyl groups is 2. The number of hydrogen-bond donors (Lipinski definition) is 21. The fraction of sp³-hybridized carbons (Fsp3) is 0.577. The SMILES string of the molecule is COC1C=COC2(C)Oc3c(C)c(O)c4c(O)c(cc(OCC(=O)NCCNC(C)C(=O)NCC5NC(=O)C(C(=O)O)NC(=O)C(O)CNC(=O)C(C(C)O)NC(=O)C(C(O)C(O)C([NH3+])=O)NC(=O)C(C(C)C)CC(=O)C(CO)NC5=O)c4c3C2=O)NC(=O)C(C)=CC=CC(C)C(O)C(C)C(O)C(C)C(OC(C)=O)C1C. The maximum atomic E-state index is 14.8. The number of esters is 1. The number of fused-ring (bicyclic) bond motifs is 14. The average Bonchev–Trinajstić information content (AvgIpc) is 1.59. The quantitative estimate of drug-likeness (QED) is 0.0269. The van der Waals surface area contributed by atoms with Crippen LogP contribution in [0, 0.1) is 42.4 Å². The normalized spacial score (nSPS) is 28.5. The molecule has 111 heavy (non-hydrogen) atoms. The van der Waals surface area contributed by atoms with Gasteiger partial charge in [0.05, 0.1) is 66.5 Å². The van der Waals surface area contributed by atoms with Crippen molar-refractivity contribution in [3.63, 3.8) is 0 Å². The number of nitrogens with one attached hydrogen (secondary N) is 10. The van der Waals surface area contributed by atoms with Crippen LogP contribution in [0.25, 0.3) is 10.8 Å². The maximum Gasteiger partial charge on any atom is 0.340 e. The van der Waals surface area contributed by atoms with E-state index in [2.05, 4.69) is 37.6 Å². The number of ether oxygens (including phenoxy) is 5. The molecule has 2 aromatic rings. The average molecular weight is 1570 g/mol. The zero-order valence-electron chi connectivity index (χ0n) is 63.4. The number of phenols is 2. The van der Waals surface area contributed by atoms with E-state index in [0.29, 0.717) is 0 Å². The van der Waals surface area contributed by atoms with Gasteiger partial charge in [0.25, 0.3) is 29.4 Å². The molecule has 23 N–H and O–H groups in total. The summed E-state index contributed by atoms with van der Waals surface area (Å²) in [6.07, 6.45) is -7.58. The van der Waals surface area contributed by atoms with E-state index in [-0.39, 0.29) is 52.4 Å². The van der Waals surface area contributed by atoms with Crippen LogP contribution in [0.1, 0.15) is 98.5 Å². The van der Waals surface area contributed by atoms with Crippen LogP contribution >= 0.6 is 0 Å². The Morgan fingerprint density at radius 3 is 1.99 bits per heavy atom. The molecule has 4 aliphatic rings. The molecule has 20 atom stereocenters. The standard InChI is InChI=1S/C71H101N11O29/c1-27(2)37-21-41(86)40(25-83)79-65(100)39(78-69(104)51(70(105)106)82-66(101)42(87)24-76-67(102)49(35(10)84)80-68(103)50(81-64(37)99)56(93)57(94)61(72)96)23-75-63(98)34(9)73-18-19-74-45(88)26-108-44-22-38-55(92)47-46(44)48-59(33(8)54(47)91)111-71(12,60(48)95)109-20-17-43(107-13)30(5)58(110-36(11)85)32(7)53(90)31(6)52(89)28(3)15-14-16-29(4)62(97)77-38/h14-17,20,22,27-28,30-32,34-35,37,39-40,42-43,49-53,56-58,73,83-84,87,89-94H,18-19,21,23-26H2,1-13H3,(H2,72,96)(H,74,88)(H,75,98)(H,76,102)(H,77,97)(H,78,104)(H,79,100)(H,80,103)(H,81,99)(H,82,101)(H,105,106)/p+1. The van der Waals surface area contributed by atoms with E-state index in [9.17, 15) is 118 Å². The Morgan fingerprint density at radius 2 is 1.40 bits per heavy atom. The highest BCUT2D eigenvalue weighted by Gasteiger charge is 2.51. The van der Waals surface area contributed by atoms with Crippen molar-refractivity contribution in [1.82, 2.24) is 47.9 Å². The van der Waals surface area contributed by atoms with Gasteiger partial charge in [-0.1, -0.05) is 59.8 Å². The summed E-state index contributed by atoms with van der Waals surface area (Å²) in [5.74, 6) is -27.4. The zero-order chi connectivity index (χ0) is 83.7. The number of allylic oxidation sites excluding steroid dienone is 2. The maximum absolute atomic E-state index is 14.8. The monoisotopic (exact) mass is 1570 g/mol. The number of benzene rings is 2. The number of carboxylic acid groups (broad SMARTS) is 1. The Hall–Kier alpha value is -10.3. The van der Waals surface area contributed by atoms with E-state index in [4.69, 9.17) is 23.7 Å². The molecule has 10 amide bonds. The Bertz CT molecular complexity index is 3940. The van der Waals surface area contributed by atoms with Crippen LogP contribution in [0.2, 0.25) is 0 Å². The molecule has 4 aliphatic heterocycles. The molecule has 5 bridgehead atoms. The van der Waals surface area contributed by atoms with Gasteiger partial charge in [-0.25, -0.2) is 9.59 Å². The molecule has 0 radical (unpaired) electrons. The van der Waals surface area contributed by atoms with E-state index < -0.39 is 259 Å². The zero-order valence-corrected chi connectivity index (χ0v) is 63.4. The van der Waals surface area contributed by atoms with E-state index in [0.717, 1.165) is 19.3 Å². The van der Waals surface area contributed by atoms with Crippen molar-refractivity contribution in [2.75, 3.05) is 51.8 Å². The van der Waals surface area contributed by atoms with Gasteiger partial charge in [-0.05, 0) is 39.7 Å². The summed E-state index contributed by atoms with van der Waals surface area (Å²) in [5.41, 5.74) is 2.23. The molecular formula is C71H102N11O29+. The first-order valence-corrected chi connectivity index (χ1v) is 35.4. The lowest BCUT2D eigenvalue weighted by Crippen LogP contribution is -2.69. The number of Topliss-reactive ketones (excluding diaryl/α,β-unsaturated/α-hetero) is 2. The van der Waals surface area contributed by atoms with E-state index in [1.165, 1.54) is 73.8 Å². The Kier molecular flexibility index (Phi) is 33.0. The summed E-state index contributed by atoms with van der Waals surface area (Å²) in [5, 5.41) is 131. The number of carbonyl (C=O) groups is 14. The van der Waals surface area contributed by atoms with Crippen LogP contribution in [0.4, 0.5) is 5.69 Å². The third-order valence-corrected chi connectivity index (χ3v) is 19.2. The fourth-order valence-corrected chi connectivity index (χ4v) is 12.3. The van der Waals surface area contributed by atoms with Crippen molar-refractivity contribution < 1.29 is 148 Å². The van der Waals surface area contributed by atoms with Crippen LogP contribution < -0.4 is 68.4 Å². The number of β-amino-alcohol motifs (C(OH)–C–C–N with tert-alkyl or cyclic N) is 1. The number of methoxy groups -OCH3 is 1. The summed E-state index contributed by atoms with van der Waals surface area (Å²) in [6.45, 7) is 12.2. The fourth-order valence-electron chi connectivity index (χ4n) is 12.3. The van der Waals surface area contributed by atoms with E-state index >= 15 is 0 Å². The van der Waals surface area contributed by atoms with Gasteiger partial charge in [-0.2, -0.15) is 0 Å². The first-order chi connectivity index (χ1) is 51.8. The van der Waals surface area contributed by atoms with Crippen LogP contribution in [-0.4, -0.2) is 271 Å². The molecular weight excluding hydrogens is 1470 g/mol. The van der Waals surface area contributed by atoms with Gasteiger partial charge in [0.1, 0.15) is 59.7 Å². The second-order valence-corrected chi connectivity index (χ2v) is 27.9. The Labute approximate surface area is 636 Å². The summed E-state index contributed by atoms with van der Waals surface area (Å²) < 4.78 is 29.8. The third kappa shape index (κ3) is 22.9. The van der Waals surface area contributed by atoms with Crippen LogP contribution in [-0.2, 0) is 76.5 Å². The van der Waals surface area contributed by atoms with Gasteiger partial charge in [0.2, 0.25) is 35.6 Å². The molecule has 2 aromatic carbocycles. The number of aliphatic hydroxyl groups excluding tert-OH is 7. The minimum atomic E-state index is -2.68. The number of ketones is 2. The van der Waals surface area contributed by atoms with Crippen molar-refractivity contribution in [3.8, 4) is 23.0 Å². The van der Waals surface area contributed by atoms with Gasteiger partial charge < -0.3 is 128 Å². The number of phenolic OH excluding ortho intramolecular Hbond substituents is 2. The topological polar surface area (TPSA) is 635 Å². The summed E-state index contributed by atoms with van der Waals surface area (Å²) >= 11 is 0. The number of amides is 10. The molecule has 40 nitrogen and oxygen atoms in total. The minimum Gasteiger partial charge on any atom is -0.507 e. The molecule has 0 aliphatic carbocycles. The molecule has 4 heterocycles. The number of aliphatic hydroxyl groups is 7. The van der Waals surface area contributed by atoms with Crippen molar-refractivity contribution >= 4 is 99.0 Å². The molecule has 6 rings (SSSR count). The molecule has 1 saturated heterocycles. The molecule has 20 unspecified atom stereocenters. The smallest absolute Gasteiger partial charge is 0.340 e. The largest absolute Gasteiger partial charge is 0.507 e. The highest BCUT2D eigenvalue weighted by Crippen LogP contribution is 2.54. The molecule has 1 fully saturated rings.